The molecule has 2 nitrogen and oxygen atoms in total. The van der Waals surface area contributed by atoms with E-state index < -0.39 is 0 Å². The molecule has 0 aliphatic carbocycles. The monoisotopic (exact) mass is 178 g/mol. The summed E-state index contributed by atoms with van der Waals surface area (Å²) in [5, 5.41) is 19.6. The van der Waals surface area contributed by atoms with Crippen molar-refractivity contribution < 1.29 is 0 Å². The first-order valence-electron chi connectivity index (χ1n) is 4.18. The van der Waals surface area contributed by atoms with Crippen LogP contribution in [0.5, 0.6) is 0 Å². The second-order valence-corrected chi connectivity index (χ2v) is 2.97. The summed E-state index contributed by atoms with van der Waals surface area (Å²) >= 11 is 0. The minimum atomic E-state index is 0.436. The highest BCUT2D eigenvalue weighted by molar-refractivity contribution is 5.85. The summed E-state index contributed by atoms with van der Waals surface area (Å²) < 4.78 is 0. The first kappa shape index (κ1) is 8.29. The number of rotatable bonds is 0. The van der Waals surface area contributed by atoms with Crippen molar-refractivity contribution in [3.8, 4) is 12.1 Å². The molecule has 64 valence electrons. The molecule has 0 N–H and O–H groups in total. The fraction of sp³-hybridized carbons (Fsp3) is 0. The van der Waals surface area contributed by atoms with E-state index in [0.29, 0.717) is 11.1 Å². The van der Waals surface area contributed by atoms with E-state index in [1.165, 1.54) is 0 Å². The number of benzene rings is 2. The maximum atomic E-state index is 8.81. The predicted octanol–water partition coefficient (Wildman–Crippen LogP) is 2.58. The van der Waals surface area contributed by atoms with Crippen LogP contribution in [-0.2, 0) is 0 Å². The number of hydrogen-bond acceptors (Lipinski definition) is 2. The van der Waals surface area contributed by atoms with Gasteiger partial charge >= 0.3 is 0 Å². The van der Waals surface area contributed by atoms with Crippen molar-refractivity contribution in [2.75, 3.05) is 0 Å². The van der Waals surface area contributed by atoms with Gasteiger partial charge in [-0.05, 0) is 22.9 Å². The molecule has 0 spiro atoms. The molecule has 0 aliphatic rings. The topological polar surface area (TPSA) is 47.6 Å². The van der Waals surface area contributed by atoms with Crippen molar-refractivity contribution in [3.63, 3.8) is 0 Å². The summed E-state index contributed by atoms with van der Waals surface area (Å²) in [6.07, 6.45) is 0. The predicted molar refractivity (Wildman–Crippen MR) is 53.4 cm³/mol. The summed E-state index contributed by atoms with van der Waals surface area (Å²) in [6, 6.07) is 15.2. The van der Waals surface area contributed by atoms with E-state index in [1.54, 1.807) is 12.1 Å². The Morgan fingerprint density at radius 3 is 1.57 bits per heavy atom. The zero-order valence-electron chi connectivity index (χ0n) is 7.36. The van der Waals surface area contributed by atoms with Crippen LogP contribution in [0.1, 0.15) is 11.1 Å². The van der Waals surface area contributed by atoms with Gasteiger partial charge in [-0.2, -0.15) is 10.5 Å². The van der Waals surface area contributed by atoms with E-state index in [4.69, 9.17) is 10.5 Å². The lowest BCUT2D eigenvalue weighted by molar-refractivity contribution is 1.45. The molecule has 2 rings (SSSR count). The van der Waals surface area contributed by atoms with E-state index in [2.05, 4.69) is 0 Å². The molecule has 2 aromatic carbocycles. The number of hydrogen-bond donors (Lipinski definition) is 0. The van der Waals surface area contributed by atoms with Crippen molar-refractivity contribution in [2.24, 2.45) is 0 Å². The Morgan fingerprint density at radius 1 is 0.786 bits per heavy atom. The van der Waals surface area contributed by atoms with Gasteiger partial charge in [0.1, 0.15) is 12.1 Å². The molecule has 0 amide bonds. The third-order valence-electron chi connectivity index (χ3n) is 2.13. The summed E-state index contributed by atoms with van der Waals surface area (Å²) in [4.78, 5) is 0. The van der Waals surface area contributed by atoms with Crippen molar-refractivity contribution >= 4 is 10.8 Å². The summed E-state index contributed by atoms with van der Waals surface area (Å²) in [7, 11) is 0. The molecule has 0 aromatic heterocycles. The maximum Gasteiger partial charge on any atom is 0.101 e. The van der Waals surface area contributed by atoms with Gasteiger partial charge in [-0.3, -0.25) is 0 Å². The first-order valence-corrected chi connectivity index (χ1v) is 4.18. The van der Waals surface area contributed by atoms with Crippen LogP contribution in [0.15, 0.2) is 36.4 Å². The Balaban J connectivity index is 2.85. The van der Waals surface area contributed by atoms with Gasteiger partial charge in [0.25, 0.3) is 0 Å². The Kier molecular flexibility index (Phi) is 1.89. The molecule has 0 aliphatic heterocycles. The molecule has 0 bridgehead atoms. The molecule has 0 fully saturated rings. The van der Waals surface area contributed by atoms with Gasteiger partial charge in [-0.1, -0.05) is 24.3 Å². The fourth-order valence-electron chi connectivity index (χ4n) is 1.43. The van der Waals surface area contributed by atoms with Crippen LogP contribution in [0, 0.1) is 22.7 Å². The van der Waals surface area contributed by atoms with E-state index in [9.17, 15) is 0 Å². The molecule has 0 saturated carbocycles. The molecule has 2 aromatic rings. The molecule has 14 heavy (non-hydrogen) atoms. The minimum Gasteiger partial charge on any atom is -0.192 e. The average Bonchev–Trinajstić information content (AvgIpc) is 2.27. The van der Waals surface area contributed by atoms with E-state index >= 15 is 0 Å². The van der Waals surface area contributed by atoms with Gasteiger partial charge < -0.3 is 0 Å². The molecule has 0 saturated heterocycles. The Hall–Kier alpha value is -2.32. The third-order valence-corrected chi connectivity index (χ3v) is 2.13. The minimum absolute atomic E-state index is 0.436. The standard InChI is InChI=1S/C12H6N2/c13-7-11-5-9-3-1-2-4-10(9)6-12(11)8-14/h1-6H. The van der Waals surface area contributed by atoms with Crippen LogP contribution in [0.2, 0.25) is 0 Å². The number of nitriles is 2. The van der Waals surface area contributed by atoms with Gasteiger partial charge in [0.15, 0.2) is 0 Å². The van der Waals surface area contributed by atoms with E-state index in [-0.39, 0.29) is 0 Å². The lowest BCUT2D eigenvalue weighted by atomic mass is 10.0. The zero-order valence-corrected chi connectivity index (χ0v) is 7.36. The Bertz CT molecular complexity index is 518. The van der Waals surface area contributed by atoms with Crippen LogP contribution in [0.3, 0.4) is 0 Å². The molecule has 0 atom stereocenters. The SMILES string of the molecule is N#Cc1cc2ccccc2cc1C#N. The van der Waals surface area contributed by atoms with Gasteiger partial charge in [-0.25, -0.2) is 0 Å². The fourth-order valence-corrected chi connectivity index (χ4v) is 1.43. The van der Waals surface area contributed by atoms with Gasteiger partial charge in [0.05, 0.1) is 11.1 Å². The molecular weight excluding hydrogens is 172 g/mol. The lowest BCUT2D eigenvalue weighted by Crippen LogP contribution is -1.83. The second kappa shape index (κ2) is 3.20. The maximum absolute atomic E-state index is 8.81. The Labute approximate surface area is 81.6 Å². The zero-order chi connectivity index (χ0) is 9.97. The lowest BCUT2D eigenvalue weighted by Gasteiger charge is -1.99. The average molecular weight is 178 g/mol. The summed E-state index contributed by atoms with van der Waals surface area (Å²) in [5.74, 6) is 0. The van der Waals surface area contributed by atoms with Crippen LogP contribution < -0.4 is 0 Å². The van der Waals surface area contributed by atoms with E-state index in [1.807, 2.05) is 36.4 Å². The summed E-state index contributed by atoms with van der Waals surface area (Å²) in [5.41, 5.74) is 0.873. The van der Waals surface area contributed by atoms with Crippen LogP contribution >= 0.6 is 0 Å². The molecular formula is C12H6N2. The molecule has 0 radical (unpaired) electrons. The largest absolute Gasteiger partial charge is 0.192 e. The first-order chi connectivity index (χ1) is 6.85. The van der Waals surface area contributed by atoms with Crippen LogP contribution in [-0.4, -0.2) is 0 Å². The highest BCUT2D eigenvalue weighted by Crippen LogP contribution is 2.18. The van der Waals surface area contributed by atoms with Crippen molar-refractivity contribution in [1.82, 2.24) is 0 Å². The van der Waals surface area contributed by atoms with Crippen LogP contribution in [0.4, 0.5) is 0 Å². The number of fused-ring (bicyclic) bond motifs is 1. The van der Waals surface area contributed by atoms with Crippen molar-refractivity contribution in [1.29, 1.82) is 10.5 Å². The van der Waals surface area contributed by atoms with Gasteiger partial charge in [-0.15, -0.1) is 0 Å². The van der Waals surface area contributed by atoms with E-state index in [0.717, 1.165) is 10.8 Å². The molecule has 0 unspecified atom stereocenters. The highest BCUT2D eigenvalue weighted by Gasteiger charge is 2.02. The third kappa shape index (κ3) is 1.20. The molecule has 2 heteroatoms. The van der Waals surface area contributed by atoms with Gasteiger partial charge in [0.2, 0.25) is 0 Å². The molecule has 0 heterocycles. The Morgan fingerprint density at radius 2 is 1.21 bits per heavy atom. The van der Waals surface area contributed by atoms with Crippen LogP contribution in [0.25, 0.3) is 10.8 Å². The normalized spacial score (nSPS) is 9.29. The number of nitrogens with zero attached hydrogens (tertiary/aromatic N) is 2. The summed E-state index contributed by atoms with van der Waals surface area (Å²) in [6.45, 7) is 0. The smallest absolute Gasteiger partial charge is 0.101 e. The van der Waals surface area contributed by atoms with Crippen molar-refractivity contribution in [3.05, 3.63) is 47.5 Å². The van der Waals surface area contributed by atoms with Gasteiger partial charge in [0, 0.05) is 0 Å². The quantitative estimate of drug-likeness (QED) is 0.622. The van der Waals surface area contributed by atoms with Crippen molar-refractivity contribution in [2.45, 2.75) is 0 Å². The highest BCUT2D eigenvalue weighted by atomic mass is 14.3. The second-order valence-electron chi connectivity index (χ2n) is 2.97.